The molecule has 0 aromatic heterocycles. The maximum atomic E-state index is 5.80. The van der Waals surface area contributed by atoms with Gasteiger partial charge in [0.15, 0.2) is 0 Å². The van der Waals surface area contributed by atoms with Crippen molar-refractivity contribution in [1.29, 1.82) is 0 Å². The van der Waals surface area contributed by atoms with Gasteiger partial charge in [0.2, 0.25) is 0 Å². The molecule has 4 heteroatoms. The lowest BCUT2D eigenvalue weighted by Gasteiger charge is -2.10. The van der Waals surface area contributed by atoms with Crippen LogP contribution in [0.1, 0.15) is 6.42 Å². The monoisotopic (exact) mass is 272 g/mol. The molecule has 0 saturated carbocycles. The number of para-hydroxylation sites is 1. The molecule has 2 rings (SSSR count). The zero-order valence-electron chi connectivity index (χ0n) is 11.6. The minimum absolute atomic E-state index is 0.677. The quantitative estimate of drug-likeness (QED) is 0.600. The molecule has 0 heterocycles. The molecular formula is C16H20N2O2. The summed E-state index contributed by atoms with van der Waals surface area (Å²) in [6.45, 7) is 1.50. The Morgan fingerprint density at radius 2 is 1.85 bits per heavy atom. The van der Waals surface area contributed by atoms with E-state index in [0.29, 0.717) is 12.3 Å². The average molecular weight is 272 g/mol. The highest BCUT2D eigenvalue weighted by molar-refractivity contribution is 5.59. The van der Waals surface area contributed by atoms with Crippen LogP contribution in [0, 0.1) is 0 Å². The third kappa shape index (κ3) is 4.39. The predicted molar refractivity (Wildman–Crippen MR) is 82.5 cm³/mol. The Balaban J connectivity index is 1.72. The highest BCUT2D eigenvalue weighted by atomic mass is 16.5. The van der Waals surface area contributed by atoms with Crippen LogP contribution in [0.4, 0.5) is 11.4 Å². The van der Waals surface area contributed by atoms with Crippen molar-refractivity contribution < 1.29 is 9.47 Å². The Hall–Kier alpha value is -2.36. The molecule has 0 fully saturated rings. The lowest BCUT2D eigenvalue weighted by molar-refractivity contribution is 0.315. The van der Waals surface area contributed by atoms with Crippen molar-refractivity contribution in [2.75, 3.05) is 31.3 Å². The van der Waals surface area contributed by atoms with Crippen LogP contribution in [0.5, 0.6) is 11.5 Å². The molecule has 3 N–H and O–H groups in total. The van der Waals surface area contributed by atoms with Gasteiger partial charge in [0.25, 0.3) is 0 Å². The molecule has 0 bridgehead atoms. The first-order valence-corrected chi connectivity index (χ1v) is 6.64. The largest absolute Gasteiger partial charge is 0.497 e. The van der Waals surface area contributed by atoms with Gasteiger partial charge in [-0.05, 0) is 24.6 Å². The van der Waals surface area contributed by atoms with Gasteiger partial charge in [0.1, 0.15) is 11.5 Å². The smallest absolute Gasteiger partial charge is 0.122 e. The van der Waals surface area contributed by atoms with E-state index in [1.165, 1.54) is 0 Å². The predicted octanol–water partition coefficient (Wildman–Crippen LogP) is 3.16. The van der Waals surface area contributed by atoms with Crippen molar-refractivity contribution in [3.8, 4) is 11.5 Å². The molecule has 0 amide bonds. The molecule has 0 aliphatic heterocycles. The number of ether oxygens (including phenoxy) is 2. The summed E-state index contributed by atoms with van der Waals surface area (Å²) in [5.74, 6) is 1.66. The molecule has 4 nitrogen and oxygen atoms in total. The standard InChI is InChI=1S/C16H20N2O2/c1-19-16-11-13(17)10-14(12-16)18-8-5-9-20-15-6-3-2-4-7-15/h2-4,6-7,10-12,18H,5,8-9,17H2,1H3. The molecule has 20 heavy (non-hydrogen) atoms. The number of anilines is 2. The van der Waals surface area contributed by atoms with Crippen LogP contribution in [0.3, 0.4) is 0 Å². The zero-order chi connectivity index (χ0) is 14.2. The Morgan fingerprint density at radius 1 is 1.05 bits per heavy atom. The molecule has 0 radical (unpaired) electrons. The van der Waals surface area contributed by atoms with Crippen LogP contribution < -0.4 is 20.5 Å². The first-order valence-electron chi connectivity index (χ1n) is 6.64. The fourth-order valence-corrected chi connectivity index (χ4v) is 1.85. The summed E-state index contributed by atoms with van der Waals surface area (Å²) < 4.78 is 10.8. The van der Waals surface area contributed by atoms with E-state index in [2.05, 4.69) is 5.32 Å². The summed E-state index contributed by atoms with van der Waals surface area (Å²) in [5, 5.41) is 3.31. The Labute approximate surface area is 119 Å². The van der Waals surface area contributed by atoms with Crippen molar-refractivity contribution in [1.82, 2.24) is 0 Å². The molecule has 2 aromatic carbocycles. The highest BCUT2D eigenvalue weighted by Gasteiger charge is 1.99. The second-order valence-corrected chi connectivity index (χ2v) is 4.44. The van der Waals surface area contributed by atoms with Gasteiger partial charge in [0, 0.05) is 30.1 Å². The lowest BCUT2D eigenvalue weighted by atomic mass is 10.2. The molecule has 0 saturated heterocycles. The molecule has 0 aliphatic carbocycles. The first-order chi connectivity index (χ1) is 9.78. The van der Waals surface area contributed by atoms with Gasteiger partial charge in [-0.3, -0.25) is 0 Å². The fraction of sp³-hybridized carbons (Fsp3) is 0.250. The third-order valence-electron chi connectivity index (χ3n) is 2.83. The van der Waals surface area contributed by atoms with E-state index >= 15 is 0 Å². The molecule has 0 aliphatic rings. The number of nitrogen functional groups attached to an aromatic ring is 1. The number of hydrogen-bond acceptors (Lipinski definition) is 4. The van der Waals surface area contributed by atoms with Gasteiger partial charge >= 0.3 is 0 Å². The van der Waals surface area contributed by atoms with Gasteiger partial charge in [-0.25, -0.2) is 0 Å². The van der Waals surface area contributed by atoms with Crippen LogP contribution in [-0.2, 0) is 0 Å². The number of nitrogens with two attached hydrogens (primary N) is 1. The highest BCUT2D eigenvalue weighted by Crippen LogP contribution is 2.22. The molecule has 0 unspecified atom stereocenters. The van der Waals surface area contributed by atoms with Gasteiger partial charge in [-0.2, -0.15) is 0 Å². The Morgan fingerprint density at radius 3 is 2.60 bits per heavy atom. The van der Waals surface area contributed by atoms with E-state index in [0.717, 1.165) is 30.2 Å². The summed E-state index contributed by atoms with van der Waals surface area (Å²) in [4.78, 5) is 0. The van der Waals surface area contributed by atoms with E-state index in [1.54, 1.807) is 13.2 Å². The third-order valence-corrected chi connectivity index (χ3v) is 2.83. The molecule has 106 valence electrons. The van der Waals surface area contributed by atoms with Crippen molar-refractivity contribution in [3.05, 3.63) is 48.5 Å². The molecular weight excluding hydrogens is 252 g/mol. The van der Waals surface area contributed by atoms with E-state index < -0.39 is 0 Å². The summed E-state index contributed by atoms with van der Waals surface area (Å²) in [5.41, 5.74) is 7.44. The number of rotatable bonds is 7. The summed E-state index contributed by atoms with van der Waals surface area (Å²) >= 11 is 0. The zero-order valence-corrected chi connectivity index (χ0v) is 11.6. The van der Waals surface area contributed by atoms with Crippen LogP contribution >= 0.6 is 0 Å². The second-order valence-electron chi connectivity index (χ2n) is 4.44. The first kappa shape index (κ1) is 14.1. The molecule has 0 atom stereocenters. The van der Waals surface area contributed by atoms with E-state index in [1.807, 2.05) is 42.5 Å². The number of benzene rings is 2. The van der Waals surface area contributed by atoms with Gasteiger partial charge in [-0.1, -0.05) is 18.2 Å². The summed E-state index contributed by atoms with van der Waals surface area (Å²) in [6.07, 6.45) is 0.909. The molecule has 0 spiro atoms. The second kappa shape index (κ2) is 7.28. The summed E-state index contributed by atoms with van der Waals surface area (Å²) in [6, 6.07) is 15.4. The SMILES string of the molecule is COc1cc(N)cc(NCCCOc2ccccc2)c1. The number of nitrogens with one attached hydrogen (secondary N) is 1. The van der Waals surface area contributed by atoms with Crippen molar-refractivity contribution in [3.63, 3.8) is 0 Å². The average Bonchev–Trinajstić information content (AvgIpc) is 2.47. The van der Waals surface area contributed by atoms with E-state index in [4.69, 9.17) is 15.2 Å². The van der Waals surface area contributed by atoms with Crippen molar-refractivity contribution >= 4 is 11.4 Å². The Kier molecular flexibility index (Phi) is 5.12. The normalized spacial score (nSPS) is 10.1. The van der Waals surface area contributed by atoms with Crippen molar-refractivity contribution in [2.45, 2.75) is 6.42 Å². The maximum Gasteiger partial charge on any atom is 0.122 e. The van der Waals surface area contributed by atoms with Gasteiger partial charge < -0.3 is 20.5 Å². The minimum atomic E-state index is 0.677. The molecule has 2 aromatic rings. The number of methoxy groups -OCH3 is 1. The van der Waals surface area contributed by atoms with Crippen molar-refractivity contribution in [2.24, 2.45) is 0 Å². The summed E-state index contributed by atoms with van der Waals surface area (Å²) in [7, 11) is 1.63. The minimum Gasteiger partial charge on any atom is -0.497 e. The van der Waals surface area contributed by atoms with Crippen LogP contribution in [0.25, 0.3) is 0 Å². The fourth-order valence-electron chi connectivity index (χ4n) is 1.85. The maximum absolute atomic E-state index is 5.80. The number of hydrogen-bond donors (Lipinski definition) is 2. The van der Waals surface area contributed by atoms with E-state index in [9.17, 15) is 0 Å². The topological polar surface area (TPSA) is 56.5 Å². The van der Waals surface area contributed by atoms with Gasteiger partial charge in [-0.15, -0.1) is 0 Å². The van der Waals surface area contributed by atoms with Crippen LogP contribution in [-0.4, -0.2) is 20.3 Å². The van der Waals surface area contributed by atoms with Crippen LogP contribution in [0.15, 0.2) is 48.5 Å². The van der Waals surface area contributed by atoms with E-state index in [-0.39, 0.29) is 0 Å². The van der Waals surface area contributed by atoms with Gasteiger partial charge in [0.05, 0.1) is 13.7 Å². The Bertz CT molecular complexity index is 529. The lowest BCUT2D eigenvalue weighted by Crippen LogP contribution is -2.07. The van der Waals surface area contributed by atoms with Crippen LogP contribution in [0.2, 0.25) is 0 Å².